The fourth-order valence-electron chi connectivity index (χ4n) is 3.86. The average molecular weight is 521 g/mol. The highest BCUT2D eigenvalue weighted by molar-refractivity contribution is 5.91. The molecule has 0 unspecified atom stereocenters. The molecule has 1 heterocycles. The zero-order chi connectivity index (χ0) is 27.1. The van der Waals surface area contributed by atoms with Gasteiger partial charge in [-0.1, -0.05) is 65.8 Å². The predicted octanol–water partition coefficient (Wildman–Crippen LogP) is 6.49. The van der Waals surface area contributed by atoms with Crippen LogP contribution in [0.5, 0.6) is 0 Å². The molecule has 7 nitrogen and oxygen atoms in total. The number of ether oxygens (including phenoxy) is 2. The molecule has 0 aliphatic carbocycles. The van der Waals surface area contributed by atoms with Gasteiger partial charge >= 0.3 is 12.1 Å². The normalized spacial score (nSPS) is 10.7. The number of hydrogen-bond donors (Lipinski definition) is 1. The van der Waals surface area contributed by atoms with Gasteiger partial charge in [-0.15, -0.1) is 0 Å². The first-order valence-corrected chi connectivity index (χ1v) is 12.0. The average Bonchev–Trinajstić information content (AvgIpc) is 3.27. The summed E-state index contributed by atoms with van der Waals surface area (Å²) in [6.07, 6.45) is -0.524. The van der Waals surface area contributed by atoms with Crippen LogP contribution >= 0.6 is 0 Å². The van der Waals surface area contributed by atoms with Crippen molar-refractivity contribution >= 4 is 17.7 Å². The van der Waals surface area contributed by atoms with Gasteiger partial charge in [0.05, 0.1) is 19.6 Å². The molecule has 9 heteroatoms. The molecular formula is C29H26F2N2O5. The Morgan fingerprint density at radius 1 is 0.921 bits per heavy atom. The van der Waals surface area contributed by atoms with E-state index in [-0.39, 0.29) is 31.0 Å². The van der Waals surface area contributed by atoms with Crippen LogP contribution in [0.3, 0.4) is 0 Å². The van der Waals surface area contributed by atoms with Gasteiger partial charge in [0, 0.05) is 12.0 Å². The molecular weight excluding hydrogens is 494 g/mol. The number of hydrogen-bond acceptors (Lipinski definition) is 6. The molecule has 4 aromatic rings. The summed E-state index contributed by atoms with van der Waals surface area (Å²) >= 11 is 0. The van der Waals surface area contributed by atoms with E-state index in [1.807, 2.05) is 48.5 Å². The maximum Gasteiger partial charge on any atom is 0.411 e. The van der Waals surface area contributed by atoms with E-state index in [0.29, 0.717) is 29.3 Å². The molecule has 1 N–H and O–H groups in total. The SMILES string of the molecule is CCOC(=O)Cc1ccc(-c2ccc(-c3onc(C)c3NC(=O)OCCc3cccc(F)c3F)cc2)cc1. The maximum absolute atomic E-state index is 13.8. The Balaban J connectivity index is 1.39. The van der Waals surface area contributed by atoms with Crippen LogP contribution in [0.25, 0.3) is 22.5 Å². The van der Waals surface area contributed by atoms with E-state index in [2.05, 4.69) is 10.5 Å². The van der Waals surface area contributed by atoms with E-state index >= 15 is 0 Å². The number of aryl methyl sites for hydroxylation is 1. The van der Waals surface area contributed by atoms with Crippen LogP contribution in [0.2, 0.25) is 0 Å². The smallest absolute Gasteiger partial charge is 0.411 e. The van der Waals surface area contributed by atoms with Crippen molar-refractivity contribution in [1.82, 2.24) is 5.16 Å². The Kier molecular flexibility index (Phi) is 8.47. The van der Waals surface area contributed by atoms with Crippen molar-refractivity contribution in [3.63, 3.8) is 0 Å². The number of carbonyl (C=O) groups excluding carboxylic acids is 2. The van der Waals surface area contributed by atoms with Crippen LogP contribution < -0.4 is 5.32 Å². The van der Waals surface area contributed by atoms with Crippen molar-refractivity contribution < 1.29 is 32.4 Å². The first-order chi connectivity index (χ1) is 18.4. The largest absolute Gasteiger partial charge is 0.466 e. The summed E-state index contributed by atoms with van der Waals surface area (Å²) in [4.78, 5) is 24.0. The summed E-state index contributed by atoms with van der Waals surface area (Å²) in [6, 6.07) is 19.0. The van der Waals surface area contributed by atoms with E-state index < -0.39 is 17.7 Å². The lowest BCUT2D eigenvalue weighted by molar-refractivity contribution is -0.142. The van der Waals surface area contributed by atoms with E-state index in [1.165, 1.54) is 12.1 Å². The fraction of sp³-hybridized carbons (Fsp3) is 0.207. The van der Waals surface area contributed by atoms with Crippen molar-refractivity contribution in [2.75, 3.05) is 18.5 Å². The summed E-state index contributed by atoms with van der Waals surface area (Å²) < 4.78 is 42.7. The van der Waals surface area contributed by atoms with Gasteiger partial charge in [-0.2, -0.15) is 0 Å². The summed E-state index contributed by atoms with van der Waals surface area (Å²) in [6.45, 7) is 3.66. The first kappa shape index (κ1) is 26.5. The maximum atomic E-state index is 13.8. The zero-order valence-corrected chi connectivity index (χ0v) is 20.9. The minimum absolute atomic E-state index is 0.0256. The van der Waals surface area contributed by atoms with Crippen LogP contribution in [0.4, 0.5) is 19.3 Å². The molecule has 0 aliphatic heterocycles. The van der Waals surface area contributed by atoms with E-state index in [4.69, 9.17) is 14.0 Å². The highest BCUT2D eigenvalue weighted by Crippen LogP contribution is 2.32. The van der Waals surface area contributed by atoms with Gasteiger partial charge < -0.3 is 14.0 Å². The number of esters is 1. The van der Waals surface area contributed by atoms with Gasteiger partial charge in [0.15, 0.2) is 17.4 Å². The lowest BCUT2D eigenvalue weighted by Gasteiger charge is -2.09. The number of halogens is 2. The Bertz CT molecular complexity index is 1420. The van der Waals surface area contributed by atoms with Crippen LogP contribution in [-0.2, 0) is 27.1 Å². The van der Waals surface area contributed by atoms with Crippen LogP contribution in [-0.4, -0.2) is 30.4 Å². The quantitative estimate of drug-likeness (QED) is 0.254. The second-order valence-electron chi connectivity index (χ2n) is 8.45. The minimum Gasteiger partial charge on any atom is -0.466 e. The lowest BCUT2D eigenvalue weighted by atomic mass is 10.0. The van der Waals surface area contributed by atoms with Crippen LogP contribution in [0.15, 0.2) is 71.3 Å². The zero-order valence-electron chi connectivity index (χ0n) is 20.9. The molecule has 1 amide bonds. The van der Waals surface area contributed by atoms with Gasteiger partial charge in [-0.05, 0) is 42.2 Å². The number of rotatable bonds is 9. The van der Waals surface area contributed by atoms with Crippen LogP contribution in [0.1, 0.15) is 23.7 Å². The molecule has 0 aliphatic rings. The summed E-state index contributed by atoms with van der Waals surface area (Å²) in [5.41, 5.74) is 4.39. The summed E-state index contributed by atoms with van der Waals surface area (Å²) in [7, 11) is 0. The standard InChI is InChI=1S/C29H26F2N2O5/c1-3-36-25(34)17-19-7-9-20(10-8-19)21-11-13-23(14-12-21)28-27(18(2)33-38-28)32-29(35)37-16-15-22-5-4-6-24(30)26(22)31/h4-14H,3,15-17H2,1-2H3,(H,32,35). The Labute approximate surface area is 218 Å². The Hall–Kier alpha value is -4.53. The molecule has 4 rings (SSSR count). The molecule has 0 bridgehead atoms. The molecule has 1 aromatic heterocycles. The third-order valence-corrected chi connectivity index (χ3v) is 5.81. The van der Waals surface area contributed by atoms with Crippen molar-refractivity contribution in [3.8, 4) is 22.5 Å². The topological polar surface area (TPSA) is 90.7 Å². The molecule has 196 valence electrons. The molecule has 38 heavy (non-hydrogen) atoms. The van der Waals surface area contributed by atoms with Gasteiger partial charge in [0.25, 0.3) is 0 Å². The first-order valence-electron chi connectivity index (χ1n) is 12.0. The molecule has 0 spiro atoms. The molecule has 0 fully saturated rings. The summed E-state index contributed by atoms with van der Waals surface area (Å²) in [5.74, 6) is -1.81. The molecule has 0 saturated heterocycles. The number of nitrogens with one attached hydrogen (secondary N) is 1. The van der Waals surface area contributed by atoms with Crippen molar-refractivity contribution in [3.05, 3.63) is 95.2 Å². The van der Waals surface area contributed by atoms with Crippen molar-refractivity contribution in [2.24, 2.45) is 0 Å². The highest BCUT2D eigenvalue weighted by atomic mass is 19.2. The van der Waals surface area contributed by atoms with Gasteiger partial charge in [0.2, 0.25) is 0 Å². The van der Waals surface area contributed by atoms with Gasteiger partial charge in [0.1, 0.15) is 11.4 Å². The number of amides is 1. The predicted molar refractivity (Wildman–Crippen MR) is 137 cm³/mol. The number of benzene rings is 3. The number of anilines is 1. The van der Waals surface area contributed by atoms with Gasteiger partial charge in [-0.25, -0.2) is 13.6 Å². The Morgan fingerprint density at radius 3 is 2.26 bits per heavy atom. The Morgan fingerprint density at radius 2 is 1.58 bits per heavy atom. The molecule has 0 atom stereocenters. The monoisotopic (exact) mass is 520 g/mol. The number of aromatic nitrogens is 1. The highest BCUT2D eigenvalue weighted by Gasteiger charge is 2.18. The van der Waals surface area contributed by atoms with Crippen LogP contribution in [0, 0.1) is 18.6 Å². The van der Waals surface area contributed by atoms with E-state index in [0.717, 1.165) is 22.8 Å². The lowest BCUT2D eigenvalue weighted by Crippen LogP contribution is -2.16. The molecule has 0 radical (unpaired) electrons. The summed E-state index contributed by atoms with van der Waals surface area (Å²) in [5, 5.41) is 6.57. The van der Waals surface area contributed by atoms with Crippen molar-refractivity contribution in [2.45, 2.75) is 26.7 Å². The number of carbonyl (C=O) groups is 2. The van der Waals surface area contributed by atoms with E-state index in [9.17, 15) is 18.4 Å². The van der Waals surface area contributed by atoms with Gasteiger partial charge in [-0.3, -0.25) is 10.1 Å². The second-order valence-corrected chi connectivity index (χ2v) is 8.45. The molecule has 3 aromatic carbocycles. The second kappa shape index (κ2) is 12.1. The van der Waals surface area contributed by atoms with E-state index in [1.54, 1.807) is 13.8 Å². The minimum atomic E-state index is -0.954. The third kappa shape index (κ3) is 6.42. The van der Waals surface area contributed by atoms with Crippen molar-refractivity contribution in [1.29, 1.82) is 0 Å². The fourth-order valence-corrected chi connectivity index (χ4v) is 3.86. The third-order valence-electron chi connectivity index (χ3n) is 5.81. The number of nitrogens with zero attached hydrogens (tertiary/aromatic N) is 1. The molecule has 0 saturated carbocycles.